The van der Waals surface area contributed by atoms with Gasteiger partial charge in [0.25, 0.3) is 0 Å². The molecule has 0 aromatic heterocycles. The fraction of sp³-hybridized carbons (Fsp3) is 0.500. The van der Waals surface area contributed by atoms with E-state index in [1.165, 1.54) is 0 Å². The van der Waals surface area contributed by atoms with Crippen molar-refractivity contribution in [1.82, 2.24) is 0 Å². The van der Waals surface area contributed by atoms with Crippen LogP contribution in [-0.2, 0) is 10.3 Å². The second-order valence-corrected chi connectivity index (χ2v) is 4.51. The lowest BCUT2D eigenvalue weighted by Gasteiger charge is -2.28. The first kappa shape index (κ1) is 10.9. The molecular formula is C12H16ClNO. The minimum atomic E-state index is -0.311. The molecule has 0 radical (unpaired) electrons. The van der Waals surface area contributed by atoms with Gasteiger partial charge in [0.1, 0.15) is 0 Å². The first-order chi connectivity index (χ1) is 7.22. The summed E-state index contributed by atoms with van der Waals surface area (Å²) in [5.41, 5.74) is 7.16. The summed E-state index contributed by atoms with van der Waals surface area (Å²) in [6.45, 7) is 1.53. The van der Waals surface area contributed by atoms with Crippen LogP contribution in [0.2, 0.25) is 5.02 Å². The van der Waals surface area contributed by atoms with Crippen molar-refractivity contribution in [1.29, 1.82) is 0 Å². The summed E-state index contributed by atoms with van der Waals surface area (Å²) < 4.78 is 5.43. The summed E-state index contributed by atoms with van der Waals surface area (Å²) in [5, 5.41) is 0.766. The molecule has 1 unspecified atom stereocenters. The molecule has 0 spiro atoms. The summed E-state index contributed by atoms with van der Waals surface area (Å²) in [7, 11) is 0. The maximum absolute atomic E-state index is 6.42. The van der Waals surface area contributed by atoms with Gasteiger partial charge in [-0.15, -0.1) is 0 Å². The predicted octanol–water partition coefficient (Wildman–Crippen LogP) is 2.69. The van der Waals surface area contributed by atoms with Gasteiger partial charge in [-0.3, -0.25) is 0 Å². The summed E-state index contributed by atoms with van der Waals surface area (Å²) in [4.78, 5) is 0. The van der Waals surface area contributed by atoms with Crippen LogP contribution >= 0.6 is 11.6 Å². The van der Waals surface area contributed by atoms with Crippen molar-refractivity contribution < 1.29 is 4.74 Å². The molecule has 0 aliphatic carbocycles. The highest BCUT2D eigenvalue weighted by Gasteiger charge is 2.30. The third-order valence-electron chi connectivity index (χ3n) is 3.01. The molecule has 1 aliphatic rings. The Morgan fingerprint density at radius 3 is 2.80 bits per heavy atom. The molecule has 0 saturated carbocycles. The van der Waals surface area contributed by atoms with Gasteiger partial charge in [0.15, 0.2) is 0 Å². The van der Waals surface area contributed by atoms with Gasteiger partial charge in [-0.25, -0.2) is 0 Å². The van der Waals surface area contributed by atoms with E-state index >= 15 is 0 Å². The smallest absolute Gasteiger partial charge is 0.0486 e. The van der Waals surface area contributed by atoms with Crippen molar-refractivity contribution in [3.05, 3.63) is 34.9 Å². The molecule has 3 heteroatoms. The second-order valence-electron chi connectivity index (χ2n) is 4.10. The second kappa shape index (κ2) is 4.52. The van der Waals surface area contributed by atoms with E-state index in [1.54, 1.807) is 0 Å². The molecule has 0 amide bonds. The zero-order chi connectivity index (χ0) is 10.7. The Balaban J connectivity index is 2.30. The lowest BCUT2D eigenvalue weighted by atomic mass is 9.84. The maximum atomic E-state index is 6.42. The molecule has 2 N–H and O–H groups in total. The summed E-state index contributed by atoms with van der Waals surface area (Å²) in [6, 6.07) is 7.84. The molecule has 15 heavy (non-hydrogen) atoms. The fourth-order valence-electron chi connectivity index (χ4n) is 2.11. The van der Waals surface area contributed by atoms with Crippen LogP contribution in [0.3, 0.4) is 0 Å². The van der Waals surface area contributed by atoms with Crippen LogP contribution in [-0.4, -0.2) is 13.2 Å². The van der Waals surface area contributed by atoms with E-state index in [2.05, 4.69) is 0 Å². The largest absolute Gasteiger partial charge is 0.381 e. The molecule has 1 fully saturated rings. The van der Waals surface area contributed by atoms with Crippen molar-refractivity contribution in [2.24, 2.45) is 5.73 Å². The zero-order valence-corrected chi connectivity index (χ0v) is 9.46. The molecule has 1 aromatic carbocycles. The van der Waals surface area contributed by atoms with Crippen LogP contribution in [0, 0.1) is 0 Å². The van der Waals surface area contributed by atoms with E-state index in [0.717, 1.165) is 43.1 Å². The first-order valence-corrected chi connectivity index (χ1v) is 5.72. The predicted molar refractivity (Wildman–Crippen MR) is 62.0 cm³/mol. The fourth-order valence-corrected chi connectivity index (χ4v) is 2.43. The van der Waals surface area contributed by atoms with Crippen molar-refractivity contribution in [2.45, 2.75) is 24.8 Å². The Bertz CT molecular complexity index is 332. The Kier molecular flexibility index (Phi) is 3.29. The average molecular weight is 226 g/mol. The van der Waals surface area contributed by atoms with Crippen molar-refractivity contribution >= 4 is 11.6 Å². The molecule has 1 aliphatic heterocycles. The standard InChI is InChI=1S/C12H16ClNO/c13-11-5-2-1-4-10(11)12(14)6-3-8-15-9-7-12/h1-2,4-5H,3,6-9,14H2. The monoisotopic (exact) mass is 225 g/mol. The topological polar surface area (TPSA) is 35.2 Å². The minimum Gasteiger partial charge on any atom is -0.381 e. The van der Waals surface area contributed by atoms with Crippen molar-refractivity contribution in [3.63, 3.8) is 0 Å². The van der Waals surface area contributed by atoms with Gasteiger partial charge < -0.3 is 10.5 Å². The highest BCUT2D eigenvalue weighted by molar-refractivity contribution is 6.31. The summed E-state index contributed by atoms with van der Waals surface area (Å²) >= 11 is 6.18. The SMILES string of the molecule is NC1(c2ccccc2Cl)CCCOCC1. The molecule has 2 nitrogen and oxygen atoms in total. The number of nitrogens with two attached hydrogens (primary N) is 1. The normalized spacial score (nSPS) is 27.3. The molecule has 1 aromatic rings. The van der Waals surface area contributed by atoms with Crippen LogP contribution in [0.4, 0.5) is 0 Å². The van der Waals surface area contributed by atoms with E-state index in [9.17, 15) is 0 Å². The lowest BCUT2D eigenvalue weighted by Crippen LogP contribution is -2.37. The van der Waals surface area contributed by atoms with Gasteiger partial charge in [0.05, 0.1) is 0 Å². The Morgan fingerprint density at radius 1 is 1.20 bits per heavy atom. The van der Waals surface area contributed by atoms with Gasteiger partial charge in [-0.2, -0.15) is 0 Å². The number of hydrogen-bond donors (Lipinski definition) is 1. The van der Waals surface area contributed by atoms with Crippen molar-refractivity contribution in [3.8, 4) is 0 Å². The van der Waals surface area contributed by atoms with Crippen molar-refractivity contribution in [2.75, 3.05) is 13.2 Å². The third kappa shape index (κ3) is 2.33. The number of halogens is 1. The van der Waals surface area contributed by atoms with E-state index < -0.39 is 0 Å². The highest BCUT2D eigenvalue weighted by Crippen LogP contribution is 2.33. The van der Waals surface area contributed by atoms with E-state index in [-0.39, 0.29) is 5.54 Å². The highest BCUT2D eigenvalue weighted by atomic mass is 35.5. The van der Waals surface area contributed by atoms with Gasteiger partial charge in [-0.05, 0) is 30.9 Å². The van der Waals surface area contributed by atoms with E-state index in [0.29, 0.717) is 0 Å². The lowest BCUT2D eigenvalue weighted by molar-refractivity contribution is 0.139. The quantitative estimate of drug-likeness (QED) is 0.798. The van der Waals surface area contributed by atoms with Crippen LogP contribution in [0.5, 0.6) is 0 Å². The van der Waals surface area contributed by atoms with Gasteiger partial charge in [-0.1, -0.05) is 29.8 Å². The van der Waals surface area contributed by atoms with Gasteiger partial charge in [0.2, 0.25) is 0 Å². The molecule has 1 saturated heterocycles. The van der Waals surface area contributed by atoms with Crippen LogP contribution < -0.4 is 5.73 Å². The van der Waals surface area contributed by atoms with E-state index in [4.69, 9.17) is 22.1 Å². The molecule has 0 bridgehead atoms. The Hall–Kier alpha value is -0.570. The average Bonchev–Trinajstić information content (AvgIpc) is 2.44. The number of hydrogen-bond acceptors (Lipinski definition) is 2. The molecule has 82 valence electrons. The number of rotatable bonds is 1. The first-order valence-electron chi connectivity index (χ1n) is 5.34. The number of ether oxygens (including phenoxy) is 1. The number of benzene rings is 1. The third-order valence-corrected chi connectivity index (χ3v) is 3.34. The summed E-state index contributed by atoms with van der Waals surface area (Å²) in [6.07, 6.45) is 2.79. The Morgan fingerprint density at radius 2 is 2.00 bits per heavy atom. The van der Waals surface area contributed by atoms with Gasteiger partial charge in [0, 0.05) is 23.8 Å². The molecule has 1 heterocycles. The molecule has 2 rings (SSSR count). The van der Waals surface area contributed by atoms with Crippen LogP contribution in [0.1, 0.15) is 24.8 Å². The van der Waals surface area contributed by atoms with E-state index in [1.807, 2.05) is 24.3 Å². The Labute approximate surface area is 95.4 Å². The summed E-state index contributed by atoms with van der Waals surface area (Å²) in [5.74, 6) is 0. The van der Waals surface area contributed by atoms with Gasteiger partial charge >= 0.3 is 0 Å². The zero-order valence-electron chi connectivity index (χ0n) is 8.71. The molecular weight excluding hydrogens is 210 g/mol. The molecule has 1 atom stereocenters. The minimum absolute atomic E-state index is 0.311. The maximum Gasteiger partial charge on any atom is 0.0486 e. The van der Waals surface area contributed by atoms with Crippen LogP contribution in [0.25, 0.3) is 0 Å². The van der Waals surface area contributed by atoms with Crippen LogP contribution in [0.15, 0.2) is 24.3 Å².